The van der Waals surface area contributed by atoms with E-state index in [0.717, 1.165) is 12.2 Å². The third-order valence-electron chi connectivity index (χ3n) is 4.19. The summed E-state index contributed by atoms with van der Waals surface area (Å²) in [5.41, 5.74) is 1.78. The normalized spacial score (nSPS) is 13.4. The fourth-order valence-electron chi connectivity index (χ4n) is 2.57. The van der Waals surface area contributed by atoms with Crippen LogP contribution in [0.15, 0.2) is 36.4 Å². The lowest BCUT2D eigenvalue weighted by atomic mass is 10.1. The first-order chi connectivity index (χ1) is 12.1. The Hall–Kier alpha value is -2.27. The van der Waals surface area contributed by atoms with Crippen molar-refractivity contribution in [1.29, 1.82) is 0 Å². The summed E-state index contributed by atoms with van der Waals surface area (Å²) in [6, 6.07) is 9.93. The van der Waals surface area contributed by atoms with Crippen LogP contribution in [-0.2, 0) is 6.54 Å². The molecule has 6 heteroatoms. The molecule has 0 aliphatic heterocycles. The SMILES string of the molecule is COc1ccc(CNC(=O)c2c(Cl)cccc2NCC2CC2)cc1F. The van der Waals surface area contributed by atoms with Crippen molar-refractivity contribution >= 4 is 23.2 Å². The lowest BCUT2D eigenvalue weighted by molar-refractivity contribution is 0.0952. The van der Waals surface area contributed by atoms with Crippen LogP contribution in [-0.4, -0.2) is 19.6 Å². The Morgan fingerprint density at radius 2 is 2.12 bits per heavy atom. The largest absolute Gasteiger partial charge is 0.494 e. The molecule has 1 saturated carbocycles. The minimum atomic E-state index is -0.459. The van der Waals surface area contributed by atoms with Crippen LogP contribution in [0.2, 0.25) is 5.02 Å². The molecule has 0 unspecified atom stereocenters. The summed E-state index contributed by atoms with van der Waals surface area (Å²) in [7, 11) is 1.41. The summed E-state index contributed by atoms with van der Waals surface area (Å²) >= 11 is 6.22. The Kier molecular flexibility index (Phi) is 5.43. The third-order valence-corrected chi connectivity index (χ3v) is 4.50. The van der Waals surface area contributed by atoms with Gasteiger partial charge in [0.05, 0.1) is 17.7 Å². The second kappa shape index (κ2) is 7.74. The number of rotatable bonds is 7. The molecule has 2 aromatic carbocycles. The number of hydrogen-bond donors (Lipinski definition) is 2. The van der Waals surface area contributed by atoms with E-state index in [4.69, 9.17) is 16.3 Å². The summed E-state index contributed by atoms with van der Waals surface area (Å²) in [5, 5.41) is 6.48. The summed E-state index contributed by atoms with van der Waals surface area (Å²) in [6.07, 6.45) is 2.44. The van der Waals surface area contributed by atoms with Gasteiger partial charge in [-0.25, -0.2) is 4.39 Å². The highest BCUT2D eigenvalue weighted by molar-refractivity contribution is 6.34. The van der Waals surface area contributed by atoms with Gasteiger partial charge >= 0.3 is 0 Å². The lowest BCUT2D eigenvalue weighted by Crippen LogP contribution is -2.24. The molecular weight excluding hydrogens is 343 g/mol. The van der Waals surface area contributed by atoms with Crippen molar-refractivity contribution < 1.29 is 13.9 Å². The first kappa shape index (κ1) is 17.5. The quantitative estimate of drug-likeness (QED) is 0.774. The molecular formula is C19H20ClFN2O2. The maximum Gasteiger partial charge on any atom is 0.255 e. The second-order valence-electron chi connectivity index (χ2n) is 6.14. The van der Waals surface area contributed by atoms with Crippen molar-refractivity contribution in [2.45, 2.75) is 19.4 Å². The van der Waals surface area contributed by atoms with Crippen molar-refractivity contribution in [3.05, 3.63) is 58.4 Å². The molecule has 132 valence electrons. The topological polar surface area (TPSA) is 50.4 Å². The molecule has 1 fully saturated rings. The second-order valence-corrected chi connectivity index (χ2v) is 6.55. The molecule has 0 atom stereocenters. The molecule has 2 aromatic rings. The van der Waals surface area contributed by atoms with Crippen LogP contribution in [0.25, 0.3) is 0 Å². The van der Waals surface area contributed by atoms with Gasteiger partial charge in [-0.15, -0.1) is 0 Å². The van der Waals surface area contributed by atoms with E-state index in [0.29, 0.717) is 22.1 Å². The number of methoxy groups -OCH3 is 1. The van der Waals surface area contributed by atoms with Gasteiger partial charge in [-0.1, -0.05) is 23.7 Å². The molecule has 0 saturated heterocycles. The van der Waals surface area contributed by atoms with E-state index in [2.05, 4.69) is 10.6 Å². The minimum absolute atomic E-state index is 0.174. The van der Waals surface area contributed by atoms with E-state index in [1.807, 2.05) is 12.1 Å². The van der Waals surface area contributed by atoms with Gasteiger partial charge in [0, 0.05) is 18.8 Å². The number of carbonyl (C=O) groups is 1. The summed E-state index contributed by atoms with van der Waals surface area (Å²) in [4.78, 5) is 12.6. The van der Waals surface area contributed by atoms with E-state index in [9.17, 15) is 9.18 Å². The van der Waals surface area contributed by atoms with Gasteiger partial charge in [0.25, 0.3) is 5.91 Å². The van der Waals surface area contributed by atoms with Crippen LogP contribution >= 0.6 is 11.6 Å². The van der Waals surface area contributed by atoms with Gasteiger partial charge < -0.3 is 15.4 Å². The first-order valence-electron chi connectivity index (χ1n) is 8.21. The zero-order valence-corrected chi connectivity index (χ0v) is 14.7. The van der Waals surface area contributed by atoms with Crippen LogP contribution in [0.1, 0.15) is 28.8 Å². The molecule has 1 aliphatic carbocycles. The molecule has 1 aliphatic rings. The van der Waals surface area contributed by atoms with Crippen LogP contribution in [0.5, 0.6) is 5.75 Å². The fraction of sp³-hybridized carbons (Fsp3) is 0.316. The van der Waals surface area contributed by atoms with Crippen molar-refractivity contribution in [2.24, 2.45) is 5.92 Å². The van der Waals surface area contributed by atoms with E-state index in [-0.39, 0.29) is 18.2 Å². The average molecular weight is 363 g/mol. The molecule has 25 heavy (non-hydrogen) atoms. The Labute approximate surface area is 151 Å². The molecule has 4 nitrogen and oxygen atoms in total. The summed E-state index contributed by atoms with van der Waals surface area (Å²) in [6.45, 7) is 1.04. The van der Waals surface area contributed by atoms with Crippen molar-refractivity contribution in [3.8, 4) is 5.75 Å². The molecule has 0 radical (unpaired) electrons. The highest BCUT2D eigenvalue weighted by Gasteiger charge is 2.22. The number of ether oxygens (including phenoxy) is 1. The van der Waals surface area contributed by atoms with Crippen molar-refractivity contribution in [3.63, 3.8) is 0 Å². The zero-order chi connectivity index (χ0) is 17.8. The van der Waals surface area contributed by atoms with Crippen molar-refractivity contribution in [1.82, 2.24) is 5.32 Å². The first-order valence-corrected chi connectivity index (χ1v) is 8.59. The van der Waals surface area contributed by atoms with Gasteiger partial charge in [-0.3, -0.25) is 4.79 Å². The van der Waals surface area contributed by atoms with E-state index >= 15 is 0 Å². The van der Waals surface area contributed by atoms with Gasteiger partial charge in [0.1, 0.15) is 0 Å². The number of hydrogen-bond acceptors (Lipinski definition) is 3. The summed E-state index contributed by atoms with van der Waals surface area (Å²) < 4.78 is 18.6. The standard InChI is InChI=1S/C19H20ClFN2O2/c1-25-17-8-7-13(9-15(17)21)11-23-19(24)18-14(20)3-2-4-16(18)22-10-12-5-6-12/h2-4,7-9,12,22H,5-6,10-11H2,1H3,(H,23,24). The highest BCUT2D eigenvalue weighted by Crippen LogP contribution is 2.31. The molecule has 0 spiro atoms. The number of carbonyl (C=O) groups excluding carboxylic acids is 1. The van der Waals surface area contributed by atoms with Crippen LogP contribution in [0.3, 0.4) is 0 Å². The zero-order valence-electron chi connectivity index (χ0n) is 13.9. The average Bonchev–Trinajstić information content (AvgIpc) is 3.42. The Morgan fingerprint density at radius 1 is 1.32 bits per heavy atom. The molecule has 0 heterocycles. The van der Waals surface area contributed by atoms with Gasteiger partial charge in [-0.05, 0) is 48.6 Å². The van der Waals surface area contributed by atoms with Crippen LogP contribution < -0.4 is 15.4 Å². The van der Waals surface area contributed by atoms with Crippen LogP contribution in [0.4, 0.5) is 10.1 Å². The molecule has 1 amide bonds. The maximum absolute atomic E-state index is 13.7. The van der Waals surface area contributed by atoms with Crippen molar-refractivity contribution in [2.75, 3.05) is 19.0 Å². The van der Waals surface area contributed by atoms with E-state index in [1.54, 1.807) is 12.1 Å². The third kappa shape index (κ3) is 4.42. The lowest BCUT2D eigenvalue weighted by Gasteiger charge is -2.14. The number of anilines is 1. The van der Waals surface area contributed by atoms with Gasteiger partial charge in [0.15, 0.2) is 11.6 Å². The molecule has 3 rings (SSSR count). The molecule has 2 N–H and O–H groups in total. The summed E-state index contributed by atoms with van der Waals surface area (Å²) in [5.74, 6) is 0.101. The molecule has 0 bridgehead atoms. The molecule has 0 aromatic heterocycles. The smallest absolute Gasteiger partial charge is 0.255 e. The monoisotopic (exact) mass is 362 g/mol. The predicted molar refractivity (Wildman–Crippen MR) is 96.8 cm³/mol. The highest BCUT2D eigenvalue weighted by atomic mass is 35.5. The van der Waals surface area contributed by atoms with E-state index < -0.39 is 5.82 Å². The van der Waals surface area contributed by atoms with Crippen LogP contribution in [0, 0.1) is 11.7 Å². The number of benzene rings is 2. The van der Waals surface area contributed by atoms with Gasteiger partial charge in [0.2, 0.25) is 0 Å². The Morgan fingerprint density at radius 3 is 2.80 bits per heavy atom. The van der Waals surface area contributed by atoms with Gasteiger partial charge in [-0.2, -0.15) is 0 Å². The Bertz CT molecular complexity index is 778. The predicted octanol–water partition coefficient (Wildman–Crippen LogP) is 4.24. The fourth-order valence-corrected chi connectivity index (χ4v) is 2.83. The number of halogens is 2. The number of nitrogens with one attached hydrogen (secondary N) is 2. The Balaban J connectivity index is 1.69. The minimum Gasteiger partial charge on any atom is -0.494 e. The number of amides is 1. The van der Waals surface area contributed by atoms with E-state index in [1.165, 1.54) is 32.1 Å². The maximum atomic E-state index is 13.7.